The van der Waals surface area contributed by atoms with E-state index in [4.69, 9.17) is 23.2 Å². The van der Waals surface area contributed by atoms with Gasteiger partial charge in [-0.2, -0.15) is 0 Å². The summed E-state index contributed by atoms with van der Waals surface area (Å²) in [6.07, 6.45) is 1.82. The van der Waals surface area contributed by atoms with Gasteiger partial charge in [-0.3, -0.25) is 4.79 Å². The third kappa shape index (κ3) is 1.77. The van der Waals surface area contributed by atoms with Crippen LogP contribution in [0.3, 0.4) is 0 Å². The molecule has 0 amide bonds. The van der Waals surface area contributed by atoms with E-state index in [9.17, 15) is 4.79 Å². The van der Waals surface area contributed by atoms with E-state index in [0.717, 1.165) is 51.9 Å². The number of halogens is 2. The molecule has 0 saturated carbocycles. The summed E-state index contributed by atoms with van der Waals surface area (Å²) < 4.78 is 0.989. The fourth-order valence-corrected chi connectivity index (χ4v) is 4.24. The van der Waals surface area contributed by atoms with Crippen LogP contribution < -0.4 is 0 Å². The van der Waals surface area contributed by atoms with E-state index in [1.807, 2.05) is 0 Å². The highest BCUT2D eigenvalue weighted by Crippen LogP contribution is 2.42. The lowest BCUT2D eigenvalue weighted by Crippen LogP contribution is -2.18. The van der Waals surface area contributed by atoms with Crippen molar-refractivity contribution in [2.75, 3.05) is 13.6 Å². The molecule has 0 saturated heterocycles. The summed E-state index contributed by atoms with van der Waals surface area (Å²) in [6.45, 7) is 1.71. The minimum Gasteiger partial charge on any atom is -0.302 e. The fourth-order valence-electron chi connectivity index (χ4n) is 2.50. The van der Waals surface area contributed by atoms with Crippen LogP contribution in [-0.2, 0) is 13.0 Å². The van der Waals surface area contributed by atoms with E-state index < -0.39 is 0 Å². The van der Waals surface area contributed by atoms with Gasteiger partial charge in [0, 0.05) is 23.5 Å². The first-order valence-corrected chi connectivity index (χ1v) is 7.25. The monoisotopic (exact) mass is 299 g/mol. The molecule has 0 bridgehead atoms. The Labute approximate surface area is 119 Å². The Hall–Kier alpha value is -0.610. The SMILES string of the molecule is CN1CCc2c(Cl)cc(Cl)c3sc(C=O)c(c23)C1. The Morgan fingerprint density at radius 3 is 2.83 bits per heavy atom. The summed E-state index contributed by atoms with van der Waals surface area (Å²) in [6, 6.07) is 1.79. The number of nitrogens with zero attached hydrogens (tertiary/aromatic N) is 1. The Kier molecular flexibility index (Phi) is 3.10. The summed E-state index contributed by atoms with van der Waals surface area (Å²) in [5.74, 6) is 0. The topological polar surface area (TPSA) is 20.3 Å². The summed E-state index contributed by atoms with van der Waals surface area (Å²) in [5.41, 5.74) is 2.20. The first-order chi connectivity index (χ1) is 8.61. The van der Waals surface area contributed by atoms with E-state index >= 15 is 0 Å². The summed E-state index contributed by atoms with van der Waals surface area (Å²) >= 11 is 14.0. The van der Waals surface area contributed by atoms with Gasteiger partial charge in [-0.15, -0.1) is 11.3 Å². The second-order valence-corrected chi connectivity index (χ2v) is 6.44. The number of likely N-dealkylation sites (N-methyl/N-ethyl adjacent to an activating group) is 1. The summed E-state index contributed by atoms with van der Waals surface area (Å²) in [4.78, 5) is 14.2. The average Bonchev–Trinajstić information content (AvgIpc) is 2.59. The zero-order chi connectivity index (χ0) is 12.9. The second kappa shape index (κ2) is 4.49. The first kappa shape index (κ1) is 12.4. The van der Waals surface area contributed by atoms with Gasteiger partial charge in [0.15, 0.2) is 6.29 Å². The molecule has 0 aliphatic carbocycles. The molecule has 5 heteroatoms. The molecule has 0 N–H and O–H groups in total. The minimum atomic E-state index is 0.641. The van der Waals surface area contributed by atoms with Crippen LogP contribution in [0.1, 0.15) is 20.8 Å². The quantitative estimate of drug-likeness (QED) is 0.742. The smallest absolute Gasteiger partial charge is 0.160 e. The van der Waals surface area contributed by atoms with Gasteiger partial charge < -0.3 is 4.90 Å². The maximum atomic E-state index is 11.2. The van der Waals surface area contributed by atoms with E-state index in [0.29, 0.717) is 10.0 Å². The maximum absolute atomic E-state index is 11.2. The molecular weight excluding hydrogens is 289 g/mol. The number of carbonyl (C=O) groups is 1. The van der Waals surface area contributed by atoms with Crippen molar-refractivity contribution < 1.29 is 4.79 Å². The lowest BCUT2D eigenvalue weighted by Gasteiger charge is -2.12. The van der Waals surface area contributed by atoms with Crippen molar-refractivity contribution in [3.63, 3.8) is 0 Å². The predicted octanol–water partition coefficient (Wildman–Crippen LogP) is 4.01. The van der Waals surface area contributed by atoms with Crippen LogP contribution in [0.15, 0.2) is 6.07 Å². The Bertz CT molecular complexity index is 650. The highest BCUT2D eigenvalue weighted by molar-refractivity contribution is 7.21. The van der Waals surface area contributed by atoms with Gasteiger partial charge in [-0.25, -0.2) is 0 Å². The lowest BCUT2D eigenvalue weighted by atomic mass is 10.0. The largest absolute Gasteiger partial charge is 0.302 e. The van der Waals surface area contributed by atoms with Gasteiger partial charge in [-0.05, 0) is 30.7 Å². The van der Waals surface area contributed by atoms with Crippen molar-refractivity contribution in [1.82, 2.24) is 4.90 Å². The van der Waals surface area contributed by atoms with Crippen molar-refractivity contribution in [3.8, 4) is 0 Å². The fraction of sp³-hybridized carbons (Fsp3) is 0.308. The number of benzene rings is 1. The number of rotatable bonds is 1. The standard InChI is InChI=1S/C13H11Cl2NOS/c1-16-3-2-7-9(14)4-10(15)13-12(7)8(5-16)11(6-17)18-13/h4,6H,2-3,5H2,1H3. The highest BCUT2D eigenvalue weighted by atomic mass is 35.5. The van der Waals surface area contributed by atoms with Gasteiger partial charge >= 0.3 is 0 Å². The normalized spacial score (nSPS) is 15.9. The van der Waals surface area contributed by atoms with Crippen LogP contribution >= 0.6 is 34.5 Å². The lowest BCUT2D eigenvalue weighted by molar-refractivity contribution is 0.112. The van der Waals surface area contributed by atoms with E-state index in [1.54, 1.807) is 6.07 Å². The van der Waals surface area contributed by atoms with Gasteiger partial charge in [0.1, 0.15) is 0 Å². The van der Waals surface area contributed by atoms with E-state index in [-0.39, 0.29) is 0 Å². The third-order valence-electron chi connectivity index (χ3n) is 3.38. The summed E-state index contributed by atoms with van der Waals surface area (Å²) in [5, 5.41) is 2.45. The molecule has 94 valence electrons. The second-order valence-electron chi connectivity index (χ2n) is 4.57. The highest BCUT2D eigenvalue weighted by Gasteiger charge is 2.23. The molecule has 1 aliphatic heterocycles. The van der Waals surface area contributed by atoms with Crippen molar-refractivity contribution in [2.24, 2.45) is 0 Å². The van der Waals surface area contributed by atoms with Crippen molar-refractivity contribution >= 4 is 50.9 Å². The van der Waals surface area contributed by atoms with Crippen molar-refractivity contribution in [2.45, 2.75) is 13.0 Å². The number of thiophene rings is 1. The molecule has 0 radical (unpaired) electrons. The number of hydrogen-bond acceptors (Lipinski definition) is 3. The zero-order valence-electron chi connectivity index (χ0n) is 9.80. The van der Waals surface area contributed by atoms with Crippen LogP contribution in [0.2, 0.25) is 10.0 Å². The Balaban J connectivity index is 2.44. The number of carbonyl (C=O) groups excluding carboxylic acids is 1. The molecule has 2 nitrogen and oxygen atoms in total. The first-order valence-electron chi connectivity index (χ1n) is 5.67. The van der Waals surface area contributed by atoms with Crippen LogP contribution in [0.4, 0.5) is 0 Å². The third-order valence-corrected chi connectivity index (χ3v) is 5.32. The van der Waals surface area contributed by atoms with Gasteiger partial charge in [0.05, 0.1) is 14.6 Å². The molecule has 3 rings (SSSR count). The van der Waals surface area contributed by atoms with E-state index in [2.05, 4.69) is 11.9 Å². The molecule has 0 fully saturated rings. The van der Waals surface area contributed by atoms with Crippen LogP contribution in [0, 0.1) is 0 Å². The minimum absolute atomic E-state index is 0.641. The molecule has 1 aromatic heterocycles. The molecule has 2 heterocycles. The zero-order valence-corrected chi connectivity index (χ0v) is 12.1. The van der Waals surface area contributed by atoms with Crippen molar-refractivity contribution in [1.29, 1.82) is 0 Å². The average molecular weight is 300 g/mol. The van der Waals surface area contributed by atoms with Gasteiger partial charge in [0.25, 0.3) is 0 Å². The molecule has 0 unspecified atom stereocenters. The predicted molar refractivity (Wildman–Crippen MR) is 77.3 cm³/mol. The van der Waals surface area contributed by atoms with Crippen LogP contribution in [-0.4, -0.2) is 24.8 Å². The van der Waals surface area contributed by atoms with Gasteiger partial charge in [0.2, 0.25) is 0 Å². The molecule has 2 aromatic rings. The van der Waals surface area contributed by atoms with Crippen molar-refractivity contribution in [3.05, 3.63) is 32.1 Å². The molecular formula is C13H11Cl2NOS. The van der Waals surface area contributed by atoms with Gasteiger partial charge in [-0.1, -0.05) is 23.2 Å². The summed E-state index contributed by atoms with van der Waals surface area (Å²) in [7, 11) is 2.06. The maximum Gasteiger partial charge on any atom is 0.160 e. The van der Waals surface area contributed by atoms with Crippen LogP contribution in [0.25, 0.3) is 10.1 Å². The molecule has 1 aliphatic rings. The molecule has 1 aromatic carbocycles. The number of hydrogen-bond donors (Lipinski definition) is 0. The van der Waals surface area contributed by atoms with Crippen LogP contribution in [0.5, 0.6) is 0 Å². The number of aldehydes is 1. The molecule has 0 atom stereocenters. The Morgan fingerprint density at radius 2 is 2.11 bits per heavy atom. The van der Waals surface area contributed by atoms with E-state index in [1.165, 1.54) is 11.3 Å². The molecule has 0 spiro atoms. The molecule has 18 heavy (non-hydrogen) atoms. The Morgan fingerprint density at radius 1 is 1.33 bits per heavy atom.